The van der Waals surface area contributed by atoms with Gasteiger partial charge in [-0.25, -0.2) is 9.59 Å². The monoisotopic (exact) mass is 282 g/mol. The molecule has 2 aliphatic rings. The molecular formula is C15H26N2O3. The Morgan fingerprint density at radius 1 is 1.25 bits per heavy atom. The van der Waals surface area contributed by atoms with Crippen molar-refractivity contribution in [2.75, 3.05) is 13.1 Å². The lowest BCUT2D eigenvalue weighted by Gasteiger charge is -2.35. The lowest BCUT2D eigenvalue weighted by molar-refractivity contribution is -0.145. The Morgan fingerprint density at radius 2 is 1.90 bits per heavy atom. The molecule has 0 spiro atoms. The summed E-state index contributed by atoms with van der Waals surface area (Å²) in [6.45, 7) is 5.83. The maximum atomic E-state index is 12.3. The number of carboxylic acids is 1. The van der Waals surface area contributed by atoms with E-state index in [2.05, 4.69) is 19.2 Å². The van der Waals surface area contributed by atoms with Crippen molar-refractivity contribution in [3.8, 4) is 0 Å². The van der Waals surface area contributed by atoms with Gasteiger partial charge in [-0.2, -0.15) is 0 Å². The van der Waals surface area contributed by atoms with Gasteiger partial charge in [0.1, 0.15) is 5.54 Å². The summed E-state index contributed by atoms with van der Waals surface area (Å²) in [4.78, 5) is 25.7. The summed E-state index contributed by atoms with van der Waals surface area (Å²) in [7, 11) is 0. The summed E-state index contributed by atoms with van der Waals surface area (Å²) in [6, 6.07) is -0.197. The highest BCUT2D eigenvalue weighted by Gasteiger charge is 2.42. The Bertz CT molecular complexity index is 375. The third kappa shape index (κ3) is 3.07. The average Bonchev–Trinajstić information content (AvgIpc) is 2.89. The smallest absolute Gasteiger partial charge is 0.329 e. The minimum absolute atomic E-state index is 0.197. The molecule has 0 aromatic heterocycles. The number of nitrogens with one attached hydrogen (secondary N) is 1. The van der Waals surface area contributed by atoms with E-state index in [0.29, 0.717) is 24.7 Å². The second-order valence-electron chi connectivity index (χ2n) is 6.62. The zero-order chi connectivity index (χ0) is 14.8. The van der Waals surface area contributed by atoms with E-state index in [1.165, 1.54) is 0 Å². The van der Waals surface area contributed by atoms with E-state index in [0.717, 1.165) is 38.8 Å². The van der Waals surface area contributed by atoms with Crippen molar-refractivity contribution in [1.29, 1.82) is 0 Å². The first-order valence-electron chi connectivity index (χ1n) is 7.75. The van der Waals surface area contributed by atoms with Gasteiger partial charge in [0.2, 0.25) is 0 Å². The molecule has 5 nitrogen and oxygen atoms in total. The lowest BCUT2D eigenvalue weighted by atomic mass is 9.82. The van der Waals surface area contributed by atoms with Gasteiger partial charge in [0, 0.05) is 13.1 Å². The SMILES string of the molecule is CC(C)C1CCN(C(=O)NC2(C(=O)O)CCCCC2)C1. The van der Waals surface area contributed by atoms with Crippen molar-refractivity contribution < 1.29 is 14.7 Å². The van der Waals surface area contributed by atoms with Crippen LogP contribution in [-0.4, -0.2) is 40.6 Å². The molecule has 1 aliphatic carbocycles. The quantitative estimate of drug-likeness (QED) is 0.835. The maximum absolute atomic E-state index is 12.3. The van der Waals surface area contributed by atoms with Gasteiger partial charge in [0.25, 0.3) is 0 Å². The van der Waals surface area contributed by atoms with Crippen LogP contribution in [0.1, 0.15) is 52.4 Å². The number of urea groups is 1. The zero-order valence-electron chi connectivity index (χ0n) is 12.5. The molecule has 2 rings (SSSR count). The molecule has 0 aromatic rings. The molecule has 1 unspecified atom stereocenters. The first kappa shape index (κ1) is 15.1. The molecule has 5 heteroatoms. The third-order valence-electron chi connectivity index (χ3n) is 4.92. The highest BCUT2D eigenvalue weighted by Crippen LogP contribution is 2.30. The standard InChI is InChI=1S/C15H26N2O3/c1-11(2)12-6-9-17(10-12)14(20)16-15(13(18)19)7-4-3-5-8-15/h11-12H,3-10H2,1-2H3,(H,16,20)(H,18,19). The van der Waals surface area contributed by atoms with E-state index in [4.69, 9.17) is 0 Å². The molecule has 2 N–H and O–H groups in total. The highest BCUT2D eigenvalue weighted by molar-refractivity contribution is 5.86. The molecule has 0 bridgehead atoms. The summed E-state index contributed by atoms with van der Waals surface area (Å²) >= 11 is 0. The number of likely N-dealkylation sites (tertiary alicyclic amines) is 1. The average molecular weight is 282 g/mol. The molecule has 1 aliphatic heterocycles. The number of hydrogen-bond donors (Lipinski definition) is 2. The first-order valence-corrected chi connectivity index (χ1v) is 7.75. The van der Waals surface area contributed by atoms with Crippen molar-refractivity contribution in [3.05, 3.63) is 0 Å². The van der Waals surface area contributed by atoms with Crippen LogP contribution in [0.4, 0.5) is 4.79 Å². The van der Waals surface area contributed by atoms with E-state index in [-0.39, 0.29) is 6.03 Å². The zero-order valence-corrected chi connectivity index (χ0v) is 12.5. The van der Waals surface area contributed by atoms with Crippen molar-refractivity contribution >= 4 is 12.0 Å². The third-order valence-corrected chi connectivity index (χ3v) is 4.92. The van der Waals surface area contributed by atoms with Gasteiger partial charge in [0.15, 0.2) is 0 Å². The topological polar surface area (TPSA) is 69.6 Å². The van der Waals surface area contributed by atoms with E-state index in [9.17, 15) is 14.7 Å². The first-order chi connectivity index (χ1) is 9.44. The fourth-order valence-corrected chi connectivity index (χ4v) is 3.35. The molecule has 114 valence electrons. The molecule has 0 radical (unpaired) electrons. The van der Waals surface area contributed by atoms with Crippen LogP contribution in [0.25, 0.3) is 0 Å². The van der Waals surface area contributed by atoms with Crippen LogP contribution >= 0.6 is 0 Å². The molecular weight excluding hydrogens is 256 g/mol. The van der Waals surface area contributed by atoms with Crippen LogP contribution in [0.3, 0.4) is 0 Å². The summed E-state index contributed by atoms with van der Waals surface area (Å²) < 4.78 is 0. The summed E-state index contributed by atoms with van der Waals surface area (Å²) in [5, 5.41) is 12.3. The molecule has 1 heterocycles. The van der Waals surface area contributed by atoms with E-state index in [1.54, 1.807) is 4.90 Å². The van der Waals surface area contributed by atoms with E-state index >= 15 is 0 Å². The Morgan fingerprint density at radius 3 is 2.40 bits per heavy atom. The number of carbonyl (C=O) groups is 2. The van der Waals surface area contributed by atoms with Gasteiger partial charge in [-0.1, -0.05) is 33.1 Å². The summed E-state index contributed by atoms with van der Waals surface area (Å²) in [6.07, 6.45) is 4.93. The van der Waals surface area contributed by atoms with E-state index < -0.39 is 11.5 Å². The minimum Gasteiger partial charge on any atom is -0.480 e. The molecule has 1 saturated heterocycles. The number of rotatable bonds is 3. The van der Waals surface area contributed by atoms with Crippen LogP contribution in [0.15, 0.2) is 0 Å². The lowest BCUT2D eigenvalue weighted by Crippen LogP contribution is -2.58. The van der Waals surface area contributed by atoms with Crippen LogP contribution < -0.4 is 5.32 Å². The predicted molar refractivity (Wildman–Crippen MR) is 76.5 cm³/mol. The number of amides is 2. The second kappa shape index (κ2) is 6.02. The van der Waals surface area contributed by atoms with Crippen molar-refractivity contribution in [1.82, 2.24) is 10.2 Å². The van der Waals surface area contributed by atoms with Crippen LogP contribution in [0.2, 0.25) is 0 Å². The number of hydrogen-bond acceptors (Lipinski definition) is 2. The number of carbonyl (C=O) groups excluding carboxylic acids is 1. The number of carboxylic acid groups (broad SMARTS) is 1. The Hall–Kier alpha value is -1.26. The highest BCUT2D eigenvalue weighted by atomic mass is 16.4. The van der Waals surface area contributed by atoms with Gasteiger partial charge >= 0.3 is 12.0 Å². The summed E-state index contributed by atoms with van der Waals surface area (Å²) in [5.74, 6) is 0.217. The van der Waals surface area contributed by atoms with Crippen molar-refractivity contribution in [2.45, 2.75) is 57.9 Å². The largest absolute Gasteiger partial charge is 0.480 e. The minimum atomic E-state index is -1.04. The van der Waals surface area contributed by atoms with Crippen molar-refractivity contribution in [3.63, 3.8) is 0 Å². The fourth-order valence-electron chi connectivity index (χ4n) is 3.35. The van der Waals surface area contributed by atoms with Crippen LogP contribution in [0, 0.1) is 11.8 Å². The molecule has 2 amide bonds. The van der Waals surface area contributed by atoms with Gasteiger partial charge in [-0.15, -0.1) is 0 Å². The Balaban J connectivity index is 1.97. The Kier molecular flexibility index (Phi) is 4.55. The predicted octanol–water partition coefficient (Wildman–Crippen LogP) is 2.46. The van der Waals surface area contributed by atoms with E-state index in [1.807, 2.05) is 0 Å². The van der Waals surface area contributed by atoms with Crippen LogP contribution in [0.5, 0.6) is 0 Å². The maximum Gasteiger partial charge on any atom is 0.329 e. The summed E-state index contributed by atoms with van der Waals surface area (Å²) in [5.41, 5.74) is -1.04. The van der Waals surface area contributed by atoms with Gasteiger partial charge in [-0.05, 0) is 31.1 Å². The fraction of sp³-hybridized carbons (Fsp3) is 0.867. The second-order valence-corrected chi connectivity index (χ2v) is 6.62. The molecule has 20 heavy (non-hydrogen) atoms. The van der Waals surface area contributed by atoms with Gasteiger partial charge in [0.05, 0.1) is 0 Å². The molecule has 1 atom stereocenters. The molecule has 2 fully saturated rings. The number of nitrogens with zero attached hydrogens (tertiary/aromatic N) is 1. The number of aliphatic carboxylic acids is 1. The molecule has 0 aromatic carbocycles. The Labute approximate surface area is 120 Å². The van der Waals surface area contributed by atoms with Gasteiger partial charge < -0.3 is 15.3 Å². The molecule has 1 saturated carbocycles. The van der Waals surface area contributed by atoms with Crippen LogP contribution in [-0.2, 0) is 4.79 Å². The van der Waals surface area contributed by atoms with Crippen molar-refractivity contribution in [2.24, 2.45) is 11.8 Å². The van der Waals surface area contributed by atoms with Gasteiger partial charge in [-0.3, -0.25) is 0 Å². The normalized spacial score (nSPS) is 25.8.